The first-order valence-electron chi connectivity index (χ1n) is 6.46. The highest BCUT2D eigenvalue weighted by Gasteiger charge is 2.42. The van der Waals surface area contributed by atoms with Crippen LogP contribution in [0.2, 0.25) is 0 Å². The second kappa shape index (κ2) is 6.72. The normalized spacial score (nSPS) is 12.1. The number of hydrogen-bond donors (Lipinski definition) is 1. The molecule has 124 valence electrons. The van der Waals surface area contributed by atoms with Crippen LogP contribution < -0.4 is 4.08 Å². The van der Waals surface area contributed by atoms with Gasteiger partial charge in [0.1, 0.15) is 5.75 Å². The summed E-state index contributed by atoms with van der Waals surface area (Å²) in [7, 11) is -6.17. The van der Waals surface area contributed by atoms with E-state index in [9.17, 15) is 18.1 Å². The Morgan fingerprint density at radius 3 is 1.96 bits per heavy atom. The van der Waals surface area contributed by atoms with E-state index >= 15 is 0 Å². The molecule has 7 nitrogen and oxygen atoms in total. The maximum absolute atomic E-state index is 12.9. The highest BCUT2D eigenvalue weighted by Crippen LogP contribution is 2.55. The van der Waals surface area contributed by atoms with Crippen molar-refractivity contribution < 1.29 is 27.1 Å². The molecular formula is C14H16NO6PS. The van der Waals surface area contributed by atoms with E-state index in [2.05, 4.69) is 0 Å². The van der Waals surface area contributed by atoms with Gasteiger partial charge in [-0.2, -0.15) is 4.08 Å². The lowest BCUT2D eigenvalue weighted by Gasteiger charge is -2.29. The number of phenolic OH excluding ortho intramolecular Hbond substituents is 1. The zero-order chi connectivity index (χ0) is 17.1. The summed E-state index contributed by atoms with van der Waals surface area (Å²) in [6, 6.07) is 12.7. The summed E-state index contributed by atoms with van der Waals surface area (Å²) < 4.78 is 48.9. The third-order valence-electron chi connectivity index (χ3n) is 3.02. The van der Waals surface area contributed by atoms with Gasteiger partial charge in [0.2, 0.25) is 0 Å². The Labute approximate surface area is 134 Å². The molecule has 0 heterocycles. The third kappa shape index (κ3) is 3.40. The van der Waals surface area contributed by atoms with Crippen molar-refractivity contribution in [2.24, 2.45) is 0 Å². The molecule has 0 bridgehead atoms. The lowest BCUT2D eigenvalue weighted by molar-refractivity contribution is 0.277. The highest BCUT2D eigenvalue weighted by atomic mass is 32.2. The molecule has 0 aromatic heterocycles. The van der Waals surface area contributed by atoms with Crippen LogP contribution in [0.3, 0.4) is 0 Å². The zero-order valence-corrected chi connectivity index (χ0v) is 14.2. The topological polar surface area (TPSA) is 93.1 Å². The van der Waals surface area contributed by atoms with Crippen LogP contribution >= 0.6 is 7.75 Å². The first-order chi connectivity index (χ1) is 10.8. The van der Waals surface area contributed by atoms with Crippen LogP contribution in [-0.2, 0) is 23.6 Å². The van der Waals surface area contributed by atoms with E-state index in [0.717, 1.165) is 14.2 Å². The van der Waals surface area contributed by atoms with Gasteiger partial charge in [0, 0.05) is 14.2 Å². The van der Waals surface area contributed by atoms with Crippen LogP contribution in [0.5, 0.6) is 5.75 Å². The number of aromatic hydroxyl groups is 1. The van der Waals surface area contributed by atoms with Gasteiger partial charge in [0.15, 0.2) is 0 Å². The fourth-order valence-corrected chi connectivity index (χ4v) is 5.61. The molecule has 0 atom stereocenters. The number of hydrogen-bond acceptors (Lipinski definition) is 6. The van der Waals surface area contributed by atoms with Gasteiger partial charge in [0.25, 0.3) is 10.0 Å². The van der Waals surface area contributed by atoms with Gasteiger partial charge in [0.05, 0.1) is 10.6 Å². The maximum Gasteiger partial charge on any atom is 0.448 e. The fraction of sp³-hybridized carbons (Fsp3) is 0.143. The van der Waals surface area contributed by atoms with Crippen molar-refractivity contribution in [1.82, 2.24) is 0 Å². The smallest absolute Gasteiger partial charge is 0.448 e. The van der Waals surface area contributed by atoms with E-state index in [1.165, 1.54) is 36.4 Å². The predicted molar refractivity (Wildman–Crippen MR) is 85.8 cm³/mol. The largest absolute Gasteiger partial charge is 0.508 e. The standard InChI is InChI=1S/C14H16NO6PS/c1-20-22(17,21-2)15(12-8-10-13(16)11-9-12)23(18,19)14-6-4-3-5-7-14/h3-11,16H,1-2H3. The Morgan fingerprint density at radius 2 is 1.48 bits per heavy atom. The molecule has 0 saturated heterocycles. The van der Waals surface area contributed by atoms with Crippen LogP contribution in [0.15, 0.2) is 59.5 Å². The molecule has 0 fully saturated rings. The third-order valence-corrected chi connectivity index (χ3v) is 7.40. The summed E-state index contributed by atoms with van der Waals surface area (Å²) in [6.07, 6.45) is 0. The summed E-state index contributed by atoms with van der Waals surface area (Å²) in [6.45, 7) is 0. The van der Waals surface area contributed by atoms with Crippen LogP contribution in [0.25, 0.3) is 0 Å². The van der Waals surface area contributed by atoms with E-state index in [4.69, 9.17) is 9.05 Å². The van der Waals surface area contributed by atoms with Gasteiger partial charge >= 0.3 is 7.75 Å². The van der Waals surface area contributed by atoms with E-state index < -0.39 is 17.8 Å². The number of sulfonamides is 1. The number of anilines is 1. The van der Waals surface area contributed by atoms with Crippen molar-refractivity contribution in [2.75, 3.05) is 18.3 Å². The minimum absolute atomic E-state index is 0.0405. The van der Waals surface area contributed by atoms with Gasteiger partial charge in [-0.05, 0) is 36.4 Å². The van der Waals surface area contributed by atoms with Gasteiger partial charge in [-0.1, -0.05) is 18.2 Å². The Bertz CT molecular complexity index is 799. The summed E-state index contributed by atoms with van der Waals surface area (Å²) in [5, 5.41) is 9.38. The van der Waals surface area contributed by atoms with Crippen molar-refractivity contribution in [2.45, 2.75) is 4.90 Å². The fourth-order valence-electron chi connectivity index (χ4n) is 1.91. The van der Waals surface area contributed by atoms with Crippen LogP contribution in [0.4, 0.5) is 5.69 Å². The summed E-state index contributed by atoms with van der Waals surface area (Å²) in [5.74, 6) is -0.0597. The molecule has 0 radical (unpaired) electrons. The average molecular weight is 357 g/mol. The van der Waals surface area contributed by atoms with Crippen molar-refractivity contribution in [3.8, 4) is 5.75 Å². The van der Waals surface area contributed by atoms with Crippen molar-refractivity contribution >= 4 is 23.5 Å². The number of benzene rings is 2. The van der Waals surface area contributed by atoms with E-state index in [0.29, 0.717) is 4.08 Å². The average Bonchev–Trinajstić information content (AvgIpc) is 2.57. The molecule has 9 heteroatoms. The van der Waals surface area contributed by atoms with Crippen molar-refractivity contribution in [3.63, 3.8) is 0 Å². The monoisotopic (exact) mass is 357 g/mol. The Hall–Kier alpha value is -1.86. The first-order valence-corrected chi connectivity index (χ1v) is 9.40. The minimum Gasteiger partial charge on any atom is -0.508 e. The molecule has 0 amide bonds. The predicted octanol–water partition coefficient (Wildman–Crippen LogP) is 2.99. The van der Waals surface area contributed by atoms with Crippen LogP contribution in [0.1, 0.15) is 0 Å². The van der Waals surface area contributed by atoms with Gasteiger partial charge in [-0.3, -0.25) is 9.05 Å². The Kier molecular flexibility index (Phi) is 5.11. The lowest BCUT2D eigenvalue weighted by Crippen LogP contribution is -2.29. The Morgan fingerprint density at radius 1 is 0.957 bits per heavy atom. The second-order valence-corrected chi connectivity index (χ2v) is 8.54. The summed E-state index contributed by atoms with van der Waals surface area (Å²) >= 11 is 0. The zero-order valence-electron chi connectivity index (χ0n) is 12.5. The highest BCUT2D eigenvalue weighted by molar-refractivity contribution is 7.99. The molecule has 0 unspecified atom stereocenters. The maximum atomic E-state index is 12.9. The van der Waals surface area contributed by atoms with E-state index in [1.54, 1.807) is 18.2 Å². The van der Waals surface area contributed by atoms with E-state index in [1.807, 2.05) is 0 Å². The van der Waals surface area contributed by atoms with E-state index in [-0.39, 0.29) is 16.3 Å². The summed E-state index contributed by atoms with van der Waals surface area (Å²) in [4.78, 5) is -0.0672. The molecule has 2 aromatic carbocycles. The molecule has 0 aliphatic heterocycles. The van der Waals surface area contributed by atoms with Gasteiger partial charge in [-0.15, -0.1) is 0 Å². The molecule has 0 aliphatic rings. The van der Waals surface area contributed by atoms with Gasteiger partial charge in [-0.25, -0.2) is 13.0 Å². The lowest BCUT2D eigenvalue weighted by atomic mass is 10.3. The second-order valence-electron chi connectivity index (χ2n) is 4.41. The van der Waals surface area contributed by atoms with Crippen LogP contribution in [-0.4, -0.2) is 27.7 Å². The molecule has 2 rings (SSSR count). The molecule has 0 aliphatic carbocycles. The Balaban J connectivity index is 2.68. The minimum atomic E-state index is -4.21. The van der Waals surface area contributed by atoms with Crippen molar-refractivity contribution in [1.29, 1.82) is 0 Å². The van der Waals surface area contributed by atoms with Crippen molar-refractivity contribution in [3.05, 3.63) is 54.6 Å². The van der Waals surface area contributed by atoms with Crippen LogP contribution in [0, 0.1) is 0 Å². The van der Waals surface area contributed by atoms with Gasteiger partial charge < -0.3 is 5.11 Å². The molecule has 0 spiro atoms. The number of rotatable bonds is 6. The quantitative estimate of drug-likeness (QED) is 0.799. The molecule has 2 aromatic rings. The SMILES string of the molecule is COP(=O)(OC)N(c1ccc(O)cc1)S(=O)(=O)c1ccccc1. The number of nitrogens with zero attached hydrogens (tertiary/aromatic N) is 1. The molecule has 0 saturated carbocycles. The summed E-state index contributed by atoms with van der Waals surface area (Å²) in [5.41, 5.74) is 0.0405. The number of phenols is 1. The molecule has 1 N–H and O–H groups in total. The molecular weight excluding hydrogens is 341 g/mol. The first kappa shape index (κ1) is 17.5. The molecule has 23 heavy (non-hydrogen) atoms.